The van der Waals surface area contributed by atoms with E-state index in [1.807, 2.05) is 19.1 Å². The van der Waals surface area contributed by atoms with Crippen molar-refractivity contribution in [2.45, 2.75) is 13.3 Å². The van der Waals surface area contributed by atoms with Crippen molar-refractivity contribution in [2.75, 3.05) is 5.32 Å². The number of aromatic nitrogens is 2. The Balaban J connectivity index is 1.75. The molecular weight excluding hydrogens is 308 g/mol. The van der Waals surface area contributed by atoms with Crippen LogP contribution in [0, 0.1) is 18.6 Å². The van der Waals surface area contributed by atoms with Crippen molar-refractivity contribution >= 4 is 32.6 Å². The van der Waals surface area contributed by atoms with Crippen LogP contribution in [-0.4, -0.2) is 15.9 Å². The van der Waals surface area contributed by atoms with E-state index in [9.17, 15) is 13.6 Å². The molecule has 4 nitrogen and oxygen atoms in total. The third-order valence-corrected chi connectivity index (χ3v) is 3.95. The number of anilines is 1. The van der Waals surface area contributed by atoms with Gasteiger partial charge in [0.25, 0.3) is 0 Å². The fourth-order valence-corrected chi connectivity index (χ4v) is 2.82. The van der Waals surface area contributed by atoms with Crippen LogP contribution in [-0.2, 0) is 11.2 Å². The van der Waals surface area contributed by atoms with Crippen molar-refractivity contribution in [3.63, 3.8) is 0 Å². The summed E-state index contributed by atoms with van der Waals surface area (Å²) in [5.41, 5.74) is 1.97. The highest BCUT2D eigenvalue weighted by molar-refractivity contribution is 7.22. The summed E-state index contributed by atoms with van der Waals surface area (Å²) >= 11 is 1.10. The number of benzene rings is 1. The number of hydrogen-bond donors (Lipinski definition) is 1. The summed E-state index contributed by atoms with van der Waals surface area (Å²) in [6, 6.07) is 5.74. The normalized spacial score (nSPS) is 10.9. The van der Waals surface area contributed by atoms with E-state index in [-0.39, 0.29) is 12.3 Å². The van der Waals surface area contributed by atoms with Gasteiger partial charge in [-0.15, -0.1) is 0 Å². The van der Waals surface area contributed by atoms with Gasteiger partial charge in [-0.1, -0.05) is 17.4 Å². The number of amides is 1. The van der Waals surface area contributed by atoms with Crippen LogP contribution in [0.5, 0.6) is 0 Å². The summed E-state index contributed by atoms with van der Waals surface area (Å²) in [6.45, 7) is 1.86. The van der Waals surface area contributed by atoms with Crippen LogP contribution in [0.3, 0.4) is 0 Å². The molecule has 2 aromatic heterocycles. The minimum absolute atomic E-state index is 0.159. The average Bonchev–Trinajstić information content (AvgIpc) is 2.83. The van der Waals surface area contributed by atoms with E-state index in [1.165, 1.54) is 0 Å². The van der Waals surface area contributed by atoms with E-state index < -0.39 is 11.6 Å². The van der Waals surface area contributed by atoms with E-state index in [4.69, 9.17) is 0 Å². The molecule has 0 saturated heterocycles. The number of hydrogen-bond acceptors (Lipinski definition) is 4. The van der Waals surface area contributed by atoms with Crippen LogP contribution in [0.25, 0.3) is 10.2 Å². The molecule has 1 aromatic carbocycles. The molecule has 0 aliphatic rings. The first kappa shape index (κ1) is 14.5. The lowest BCUT2D eigenvalue weighted by atomic mass is 10.2. The van der Waals surface area contributed by atoms with Crippen LogP contribution >= 0.6 is 11.3 Å². The van der Waals surface area contributed by atoms with Gasteiger partial charge >= 0.3 is 0 Å². The van der Waals surface area contributed by atoms with E-state index in [0.717, 1.165) is 34.7 Å². The molecule has 0 unspecified atom stereocenters. The van der Waals surface area contributed by atoms with Crippen molar-refractivity contribution < 1.29 is 13.6 Å². The predicted octanol–water partition coefficient (Wildman–Crippen LogP) is 3.46. The molecule has 3 aromatic rings. The lowest BCUT2D eigenvalue weighted by Gasteiger charge is -2.01. The second-order valence-corrected chi connectivity index (χ2v) is 5.82. The van der Waals surface area contributed by atoms with Crippen molar-refractivity contribution in [2.24, 2.45) is 0 Å². The molecule has 3 rings (SSSR count). The molecule has 0 spiro atoms. The second-order valence-electron chi connectivity index (χ2n) is 4.79. The van der Waals surface area contributed by atoms with Gasteiger partial charge in [0.2, 0.25) is 5.91 Å². The predicted molar refractivity (Wildman–Crippen MR) is 80.8 cm³/mol. The molecule has 0 aliphatic carbocycles. The number of rotatable bonds is 3. The maximum absolute atomic E-state index is 13.2. The van der Waals surface area contributed by atoms with Crippen LogP contribution in [0.15, 0.2) is 30.5 Å². The zero-order chi connectivity index (χ0) is 15.7. The van der Waals surface area contributed by atoms with Gasteiger partial charge in [0.05, 0.1) is 16.6 Å². The van der Waals surface area contributed by atoms with Gasteiger partial charge in [-0.2, -0.15) is 0 Å². The number of carbonyl (C=O) groups is 1. The Kier molecular flexibility index (Phi) is 3.81. The van der Waals surface area contributed by atoms with Gasteiger partial charge in [-0.25, -0.2) is 13.8 Å². The summed E-state index contributed by atoms with van der Waals surface area (Å²) < 4.78 is 26.8. The first-order valence-electron chi connectivity index (χ1n) is 6.48. The minimum atomic E-state index is -0.957. The molecule has 0 atom stereocenters. The number of aryl methyl sites for hydroxylation is 1. The van der Waals surface area contributed by atoms with Gasteiger partial charge in [0.1, 0.15) is 0 Å². The molecule has 0 aliphatic heterocycles. The molecule has 0 radical (unpaired) electrons. The van der Waals surface area contributed by atoms with Gasteiger partial charge in [0, 0.05) is 18.0 Å². The Morgan fingerprint density at radius 3 is 2.77 bits per heavy atom. The second kappa shape index (κ2) is 5.76. The molecule has 22 heavy (non-hydrogen) atoms. The van der Waals surface area contributed by atoms with E-state index in [2.05, 4.69) is 15.3 Å². The lowest BCUT2D eigenvalue weighted by molar-refractivity contribution is -0.115. The highest BCUT2D eigenvalue weighted by atomic mass is 32.1. The fraction of sp³-hybridized carbons (Fsp3) is 0.133. The molecule has 0 bridgehead atoms. The topological polar surface area (TPSA) is 54.9 Å². The molecule has 1 amide bonds. The van der Waals surface area contributed by atoms with E-state index >= 15 is 0 Å². The van der Waals surface area contributed by atoms with E-state index in [0.29, 0.717) is 15.3 Å². The first-order chi connectivity index (χ1) is 10.5. The summed E-state index contributed by atoms with van der Waals surface area (Å²) in [7, 11) is 0. The Morgan fingerprint density at radius 2 is 2.05 bits per heavy atom. The monoisotopic (exact) mass is 319 g/mol. The summed E-state index contributed by atoms with van der Waals surface area (Å²) in [4.78, 5) is 20.1. The SMILES string of the molecule is Cc1ccc(CC(=O)Nc2nc3cc(F)c(F)cc3s2)cn1. The number of halogens is 2. The van der Waals surface area contributed by atoms with Crippen molar-refractivity contribution in [3.8, 4) is 0 Å². The highest BCUT2D eigenvalue weighted by Gasteiger charge is 2.11. The Bertz CT molecular complexity index is 807. The van der Waals surface area contributed by atoms with Crippen molar-refractivity contribution in [1.29, 1.82) is 0 Å². The Morgan fingerprint density at radius 1 is 1.27 bits per heavy atom. The molecule has 1 N–H and O–H groups in total. The number of thiazole rings is 1. The molecule has 2 heterocycles. The standard InChI is InChI=1S/C15H11F2N3OS/c1-8-2-3-9(7-18-8)4-14(21)20-15-19-12-5-10(16)11(17)6-13(12)22-15/h2-3,5-7H,4H2,1H3,(H,19,20,21). The number of nitrogens with one attached hydrogen (secondary N) is 1. The van der Waals surface area contributed by atoms with Gasteiger partial charge in [-0.3, -0.25) is 9.78 Å². The zero-order valence-electron chi connectivity index (χ0n) is 11.6. The van der Waals surface area contributed by atoms with Crippen molar-refractivity contribution in [3.05, 3.63) is 53.4 Å². The fourth-order valence-electron chi connectivity index (χ4n) is 1.93. The summed E-state index contributed by atoms with van der Waals surface area (Å²) in [5.74, 6) is -2.15. The van der Waals surface area contributed by atoms with Gasteiger partial charge < -0.3 is 5.32 Å². The number of carbonyl (C=O) groups excluding carboxylic acids is 1. The number of fused-ring (bicyclic) bond motifs is 1. The lowest BCUT2D eigenvalue weighted by Crippen LogP contribution is -2.14. The largest absolute Gasteiger partial charge is 0.302 e. The summed E-state index contributed by atoms with van der Waals surface area (Å²) in [6.07, 6.45) is 1.80. The smallest absolute Gasteiger partial charge is 0.230 e. The van der Waals surface area contributed by atoms with Gasteiger partial charge in [-0.05, 0) is 24.6 Å². The van der Waals surface area contributed by atoms with Crippen LogP contribution in [0.1, 0.15) is 11.3 Å². The zero-order valence-corrected chi connectivity index (χ0v) is 12.4. The maximum Gasteiger partial charge on any atom is 0.230 e. The molecule has 7 heteroatoms. The number of pyridine rings is 1. The molecule has 112 valence electrons. The van der Waals surface area contributed by atoms with Crippen LogP contribution < -0.4 is 5.32 Å². The minimum Gasteiger partial charge on any atom is -0.302 e. The van der Waals surface area contributed by atoms with Crippen LogP contribution in [0.4, 0.5) is 13.9 Å². The number of nitrogens with zero attached hydrogens (tertiary/aromatic N) is 2. The Labute approximate surface area is 128 Å². The molecule has 0 fully saturated rings. The van der Waals surface area contributed by atoms with Crippen molar-refractivity contribution in [1.82, 2.24) is 9.97 Å². The average molecular weight is 319 g/mol. The van der Waals surface area contributed by atoms with E-state index in [1.54, 1.807) is 6.20 Å². The molecular formula is C15H11F2N3OS. The molecule has 0 saturated carbocycles. The highest BCUT2D eigenvalue weighted by Crippen LogP contribution is 2.27. The van der Waals surface area contributed by atoms with Gasteiger partial charge in [0.15, 0.2) is 16.8 Å². The van der Waals surface area contributed by atoms with Crippen LogP contribution in [0.2, 0.25) is 0 Å². The third-order valence-electron chi connectivity index (χ3n) is 3.01. The Hall–Kier alpha value is -2.41. The quantitative estimate of drug-likeness (QED) is 0.804. The summed E-state index contributed by atoms with van der Waals surface area (Å²) in [5, 5.41) is 2.94. The maximum atomic E-state index is 13.2. The third kappa shape index (κ3) is 3.09. The first-order valence-corrected chi connectivity index (χ1v) is 7.30.